The van der Waals surface area contributed by atoms with E-state index in [-0.39, 0.29) is 31.0 Å². The first-order valence-electron chi connectivity index (χ1n) is 5.19. The van der Waals surface area contributed by atoms with Gasteiger partial charge < -0.3 is 9.29 Å². The van der Waals surface area contributed by atoms with E-state index >= 15 is 0 Å². The molecule has 0 heterocycles. The van der Waals surface area contributed by atoms with Gasteiger partial charge in [-0.2, -0.15) is 13.2 Å². The number of benzene rings is 1. The predicted octanol–water partition coefficient (Wildman–Crippen LogP) is -0.418. The molecule has 0 N–H and O–H groups in total. The molecule has 0 saturated carbocycles. The maximum absolute atomic E-state index is 12.5. The van der Waals surface area contributed by atoms with E-state index in [4.69, 9.17) is 0 Å². The zero-order valence-corrected chi connectivity index (χ0v) is 11.4. The van der Waals surface area contributed by atoms with Gasteiger partial charge in [-0.05, 0) is 30.5 Å². The Hall–Kier alpha value is -0.943. The number of halogens is 3. The molecule has 0 bridgehead atoms. The second kappa shape index (κ2) is 8.37. The van der Waals surface area contributed by atoms with E-state index in [1.54, 1.807) is 0 Å². The van der Waals surface area contributed by atoms with E-state index in [0.29, 0.717) is 12.0 Å². The van der Waals surface area contributed by atoms with Gasteiger partial charge in [-0.1, -0.05) is 12.1 Å². The number of aryl methyl sites for hydroxylation is 1. The van der Waals surface area contributed by atoms with Crippen molar-refractivity contribution in [3.63, 3.8) is 0 Å². The topological polar surface area (TPSA) is 66.4 Å². The molecular formula is C11H10F3LiO4S. The molecule has 1 rings (SSSR count). The van der Waals surface area contributed by atoms with Crippen LogP contribution in [0.4, 0.5) is 13.2 Å². The Labute approximate surface area is 126 Å². The molecule has 0 aliphatic rings. The third-order valence-corrected chi connectivity index (χ3v) is 2.93. The van der Waals surface area contributed by atoms with Gasteiger partial charge in [0.25, 0.3) is 0 Å². The summed E-state index contributed by atoms with van der Waals surface area (Å²) in [5.41, 5.74) is 0.682. The molecule has 0 aliphatic heterocycles. The normalized spacial score (nSPS) is 10.6. The molecular weight excluding hydrogens is 292 g/mol. The molecule has 0 radical (unpaired) electrons. The van der Waals surface area contributed by atoms with Crippen LogP contribution in [0.15, 0.2) is 36.4 Å². The zero-order valence-electron chi connectivity index (χ0n) is 10.6. The maximum atomic E-state index is 12.5. The Bertz CT molecular complexity index is 554. The van der Waals surface area contributed by atoms with E-state index in [1.807, 2.05) is 0 Å². The minimum atomic E-state index is -4.24. The molecule has 1 aromatic carbocycles. The van der Waals surface area contributed by atoms with Crippen molar-refractivity contribution in [3.8, 4) is 5.75 Å². The fourth-order valence-electron chi connectivity index (χ4n) is 1.32. The average molecular weight is 302 g/mol. The van der Waals surface area contributed by atoms with Crippen LogP contribution >= 0.6 is 0 Å². The molecule has 20 heavy (non-hydrogen) atoms. The van der Waals surface area contributed by atoms with Crippen molar-refractivity contribution >= 4 is 10.1 Å². The van der Waals surface area contributed by atoms with Crippen molar-refractivity contribution in [3.05, 3.63) is 41.9 Å². The fourth-order valence-corrected chi connectivity index (χ4v) is 1.82. The Balaban J connectivity index is 0.00000361. The maximum Gasteiger partial charge on any atom is 1.00 e. The number of hydrogen-bond donors (Lipinski definition) is 0. The van der Waals surface area contributed by atoms with Gasteiger partial charge in [-0.25, -0.2) is 8.42 Å². The molecule has 0 aromatic heterocycles. The van der Waals surface area contributed by atoms with Crippen LogP contribution in [0.3, 0.4) is 0 Å². The molecule has 0 unspecified atom stereocenters. The third-order valence-electron chi connectivity index (χ3n) is 2.14. The Morgan fingerprint density at radius 2 is 1.70 bits per heavy atom. The number of ether oxygens (including phenoxy) is 1. The first-order valence-corrected chi connectivity index (χ1v) is 6.77. The van der Waals surface area contributed by atoms with Gasteiger partial charge >= 0.3 is 31.0 Å². The second-order valence-corrected chi connectivity index (χ2v) is 5.17. The van der Waals surface area contributed by atoms with Crippen molar-refractivity contribution < 1.29 is 49.7 Å². The first kappa shape index (κ1) is 19.1. The Morgan fingerprint density at radius 1 is 1.15 bits per heavy atom. The molecule has 0 atom stereocenters. The SMILES string of the molecule is O=S(=O)([O-])CCCc1ccc(OC(F)=C(F)F)cc1.[Li+]. The zero-order chi connectivity index (χ0) is 14.5. The van der Waals surface area contributed by atoms with Crippen molar-refractivity contribution in [2.45, 2.75) is 12.8 Å². The number of hydrogen-bond acceptors (Lipinski definition) is 4. The minimum absolute atomic E-state index is 0. The van der Waals surface area contributed by atoms with E-state index in [1.165, 1.54) is 24.3 Å². The molecule has 0 aliphatic carbocycles. The summed E-state index contributed by atoms with van der Waals surface area (Å²) in [5.74, 6) is -0.583. The van der Waals surface area contributed by atoms with E-state index < -0.39 is 28.0 Å². The molecule has 0 spiro atoms. The van der Waals surface area contributed by atoms with E-state index in [2.05, 4.69) is 4.74 Å². The summed E-state index contributed by atoms with van der Waals surface area (Å²) in [6.07, 6.45) is -2.07. The van der Waals surface area contributed by atoms with Crippen molar-refractivity contribution in [2.24, 2.45) is 0 Å². The summed E-state index contributed by atoms with van der Waals surface area (Å²) in [4.78, 5) is 0. The smallest absolute Gasteiger partial charge is 0.748 e. The fraction of sp³-hybridized carbons (Fsp3) is 0.273. The number of rotatable bonds is 6. The van der Waals surface area contributed by atoms with Gasteiger partial charge in [0.2, 0.25) is 0 Å². The molecule has 0 fully saturated rings. The largest absolute Gasteiger partial charge is 1.00 e. The van der Waals surface area contributed by atoms with Crippen molar-refractivity contribution in [1.29, 1.82) is 0 Å². The van der Waals surface area contributed by atoms with Crippen LogP contribution in [0, 0.1) is 0 Å². The Morgan fingerprint density at radius 3 is 2.15 bits per heavy atom. The summed E-state index contributed by atoms with van der Waals surface area (Å²) in [6.45, 7) is 0. The van der Waals surface area contributed by atoms with Gasteiger partial charge in [0.1, 0.15) is 5.75 Å². The Kier molecular flexibility index (Phi) is 7.97. The van der Waals surface area contributed by atoms with Gasteiger partial charge in [0.15, 0.2) is 0 Å². The monoisotopic (exact) mass is 302 g/mol. The summed E-state index contributed by atoms with van der Waals surface area (Å²) in [5, 5.41) is 0. The van der Waals surface area contributed by atoms with Gasteiger partial charge in [0.05, 0.1) is 10.1 Å². The molecule has 1 aromatic rings. The molecule has 0 saturated heterocycles. The van der Waals surface area contributed by atoms with Crippen LogP contribution in [0.25, 0.3) is 0 Å². The van der Waals surface area contributed by atoms with Gasteiger partial charge in [-0.15, -0.1) is 0 Å². The van der Waals surface area contributed by atoms with Crippen molar-refractivity contribution in [1.82, 2.24) is 0 Å². The second-order valence-electron chi connectivity index (χ2n) is 3.65. The summed E-state index contributed by atoms with van der Waals surface area (Å²) in [6, 6.07) is 3.50. The predicted molar refractivity (Wildman–Crippen MR) is 60.3 cm³/mol. The van der Waals surface area contributed by atoms with Crippen LogP contribution in [-0.2, 0) is 16.5 Å². The van der Waals surface area contributed by atoms with Crippen LogP contribution in [0.2, 0.25) is 0 Å². The third kappa shape index (κ3) is 7.60. The van der Waals surface area contributed by atoms with Crippen LogP contribution in [-0.4, -0.2) is 18.7 Å². The van der Waals surface area contributed by atoms with Crippen LogP contribution in [0.5, 0.6) is 5.75 Å². The quantitative estimate of drug-likeness (QED) is 0.407. The van der Waals surface area contributed by atoms with Gasteiger partial charge in [-0.3, -0.25) is 0 Å². The standard InChI is InChI=1S/C11H11F3O4S.Li/c12-10(13)11(14)18-9-5-3-8(4-6-9)2-1-7-19(15,16)17;/h3-6H,1-2,7H2,(H,15,16,17);/q;+1/p-1. The summed E-state index contributed by atoms with van der Waals surface area (Å²) in [7, 11) is -4.24. The first-order chi connectivity index (χ1) is 8.78. The van der Waals surface area contributed by atoms with E-state index in [0.717, 1.165) is 0 Å². The minimum Gasteiger partial charge on any atom is -0.748 e. The molecule has 0 amide bonds. The van der Waals surface area contributed by atoms with Crippen molar-refractivity contribution in [2.75, 3.05) is 5.75 Å². The molecule has 9 heteroatoms. The average Bonchev–Trinajstić information content (AvgIpc) is 2.29. The summed E-state index contributed by atoms with van der Waals surface area (Å²) < 4.78 is 71.3. The van der Waals surface area contributed by atoms with Crippen LogP contribution in [0.1, 0.15) is 12.0 Å². The van der Waals surface area contributed by atoms with Gasteiger partial charge in [0, 0.05) is 5.75 Å². The summed E-state index contributed by atoms with van der Waals surface area (Å²) >= 11 is 0. The molecule has 106 valence electrons. The molecule has 4 nitrogen and oxygen atoms in total. The van der Waals surface area contributed by atoms with Crippen LogP contribution < -0.4 is 23.6 Å². The van der Waals surface area contributed by atoms with E-state index in [9.17, 15) is 26.1 Å².